The van der Waals surface area contributed by atoms with Crippen molar-refractivity contribution < 1.29 is 39.2 Å². The van der Waals surface area contributed by atoms with Crippen molar-refractivity contribution >= 4 is 11.8 Å². The van der Waals surface area contributed by atoms with Crippen LogP contribution in [0.3, 0.4) is 0 Å². The lowest BCUT2D eigenvalue weighted by molar-refractivity contribution is -0.287. The van der Waals surface area contributed by atoms with Gasteiger partial charge in [-0.15, -0.1) is 0 Å². The first-order valence-electron chi connectivity index (χ1n) is 13.1. The Kier molecular flexibility index (Phi) is 5.85. The molecule has 0 spiro atoms. The molecular formula is C28H40O8. The maximum Gasteiger partial charge on any atom is 0.302 e. The molecule has 0 aromatic carbocycles. The van der Waals surface area contributed by atoms with Gasteiger partial charge in [0.15, 0.2) is 0 Å². The molecule has 0 amide bonds. The Hall–Kier alpha value is -1.74. The number of ether oxygens (including phenoxy) is 1. The van der Waals surface area contributed by atoms with E-state index in [4.69, 9.17) is 9.15 Å². The summed E-state index contributed by atoms with van der Waals surface area (Å²) in [5.41, 5.74) is -2.70. The van der Waals surface area contributed by atoms with Crippen LogP contribution in [0.1, 0.15) is 71.8 Å². The first-order valence-corrected chi connectivity index (χ1v) is 13.1. The number of hydrogen-bond acceptors (Lipinski definition) is 8. The Bertz CT molecular complexity index is 1030. The van der Waals surface area contributed by atoms with Crippen LogP contribution in [0.5, 0.6) is 0 Å². The third kappa shape index (κ3) is 3.14. The maximum absolute atomic E-state index is 14.4. The van der Waals surface area contributed by atoms with Crippen molar-refractivity contribution in [1.29, 1.82) is 0 Å². The van der Waals surface area contributed by atoms with Crippen molar-refractivity contribution in [2.45, 2.75) is 90.6 Å². The minimum absolute atomic E-state index is 0.0445. The molecule has 1 heterocycles. The first kappa shape index (κ1) is 25.9. The lowest BCUT2D eigenvalue weighted by Crippen LogP contribution is -2.75. The van der Waals surface area contributed by atoms with Gasteiger partial charge in [-0.25, -0.2) is 0 Å². The van der Waals surface area contributed by atoms with Crippen molar-refractivity contribution in [3.8, 4) is 0 Å². The van der Waals surface area contributed by atoms with Gasteiger partial charge in [0.05, 0.1) is 36.9 Å². The molecule has 5 rings (SSSR count). The Labute approximate surface area is 212 Å². The Morgan fingerprint density at radius 3 is 2.36 bits per heavy atom. The Morgan fingerprint density at radius 1 is 1.06 bits per heavy atom. The van der Waals surface area contributed by atoms with E-state index in [0.29, 0.717) is 6.42 Å². The van der Waals surface area contributed by atoms with E-state index in [0.717, 1.165) is 5.56 Å². The molecule has 4 N–H and O–H groups in total. The SMILES string of the molecule is CC(=O)OC[C@]12[C@@H](O)C[C@@H](O)C(C)(C)[C@@H]1C[C@@H](O)[C@@]1(C)[C@@H]3[C@@H](O)C[C@@H](c4ccoc4)[C@]3(C)CC(=O)[C@@H]12. The number of aliphatic hydroxyl groups excluding tert-OH is 4. The van der Waals surface area contributed by atoms with Gasteiger partial charge >= 0.3 is 5.97 Å². The molecule has 4 fully saturated rings. The topological polar surface area (TPSA) is 137 Å². The lowest BCUT2D eigenvalue weighted by atomic mass is 9.34. The van der Waals surface area contributed by atoms with Crippen LogP contribution >= 0.6 is 0 Å². The summed E-state index contributed by atoms with van der Waals surface area (Å²) in [6, 6.07) is 1.87. The van der Waals surface area contributed by atoms with Crippen LogP contribution in [0.25, 0.3) is 0 Å². The molecule has 0 radical (unpaired) electrons. The number of carbonyl (C=O) groups excluding carboxylic acids is 2. The third-order valence-corrected chi connectivity index (χ3v) is 11.2. The largest absolute Gasteiger partial charge is 0.472 e. The molecule has 0 unspecified atom stereocenters. The number of furan rings is 1. The highest BCUT2D eigenvalue weighted by atomic mass is 16.5. The normalized spacial score (nSPS) is 49.6. The van der Waals surface area contributed by atoms with E-state index < -0.39 is 69.8 Å². The number of esters is 1. The van der Waals surface area contributed by atoms with E-state index >= 15 is 0 Å². The van der Waals surface area contributed by atoms with Crippen LogP contribution in [0, 0.1) is 39.4 Å². The Balaban J connectivity index is 1.69. The summed E-state index contributed by atoms with van der Waals surface area (Å²) in [6.07, 6.45) is 0.443. The zero-order chi connectivity index (χ0) is 26.4. The van der Waals surface area contributed by atoms with Crippen molar-refractivity contribution in [3.63, 3.8) is 0 Å². The highest BCUT2D eigenvalue weighted by molar-refractivity contribution is 5.86. The number of aliphatic hydroxyl groups is 4. The summed E-state index contributed by atoms with van der Waals surface area (Å²) < 4.78 is 10.9. The monoisotopic (exact) mass is 504 g/mol. The van der Waals surface area contributed by atoms with Gasteiger partial charge in [-0.2, -0.15) is 0 Å². The van der Waals surface area contributed by atoms with Gasteiger partial charge in [-0.3, -0.25) is 9.59 Å². The molecule has 4 saturated carbocycles. The second kappa shape index (κ2) is 8.13. The number of Topliss-reactive ketones (excluding diaryl/α,β-unsaturated/α-hetero) is 1. The molecule has 4 aliphatic carbocycles. The smallest absolute Gasteiger partial charge is 0.302 e. The van der Waals surface area contributed by atoms with Gasteiger partial charge in [0.25, 0.3) is 0 Å². The van der Waals surface area contributed by atoms with Gasteiger partial charge in [0.2, 0.25) is 0 Å². The molecule has 0 saturated heterocycles. The molecule has 8 heteroatoms. The summed E-state index contributed by atoms with van der Waals surface area (Å²) in [4.78, 5) is 26.4. The minimum atomic E-state index is -1.19. The fourth-order valence-corrected chi connectivity index (χ4v) is 9.73. The van der Waals surface area contributed by atoms with Gasteiger partial charge in [-0.05, 0) is 53.1 Å². The van der Waals surface area contributed by atoms with Gasteiger partial charge in [0, 0.05) is 36.5 Å². The number of hydrogen-bond donors (Lipinski definition) is 4. The van der Waals surface area contributed by atoms with Crippen LogP contribution in [0.4, 0.5) is 0 Å². The van der Waals surface area contributed by atoms with Gasteiger partial charge < -0.3 is 29.6 Å². The molecule has 0 aliphatic heterocycles. The van der Waals surface area contributed by atoms with Gasteiger partial charge in [0.1, 0.15) is 12.4 Å². The Morgan fingerprint density at radius 2 is 1.75 bits per heavy atom. The fraction of sp³-hybridized carbons (Fsp3) is 0.786. The average molecular weight is 505 g/mol. The molecule has 1 aromatic rings. The van der Waals surface area contributed by atoms with E-state index in [1.54, 1.807) is 12.5 Å². The van der Waals surface area contributed by atoms with Crippen LogP contribution in [0.2, 0.25) is 0 Å². The zero-order valence-electron chi connectivity index (χ0n) is 21.8. The minimum Gasteiger partial charge on any atom is -0.472 e. The molecule has 0 bridgehead atoms. The number of rotatable bonds is 3. The molecular weight excluding hydrogens is 464 g/mol. The van der Waals surface area contributed by atoms with Crippen molar-refractivity contribution in [1.82, 2.24) is 0 Å². The fourth-order valence-electron chi connectivity index (χ4n) is 9.73. The van der Waals surface area contributed by atoms with Crippen molar-refractivity contribution in [2.75, 3.05) is 6.61 Å². The molecule has 1 aromatic heterocycles. The highest BCUT2D eigenvalue weighted by Crippen LogP contribution is 2.74. The molecule has 8 nitrogen and oxygen atoms in total. The molecule has 36 heavy (non-hydrogen) atoms. The van der Waals surface area contributed by atoms with Crippen LogP contribution in [-0.4, -0.2) is 63.2 Å². The van der Waals surface area contributed by atoms with Crippen LogP contribution < -0.4 is 0 Å². The average Bonchev–Trinajstić information content (AvgIpc) is 3.38. The van der Waals surface area contributed by atoms with E-state index in [1.165, 1.54) is 6.92 Å². The zero-order valence-corrected chi connectivity index (χ0v) is 21.8. The number of ketones is 1. The summed E-state index contributed by atoms with van der Waals surface area (Å²) in [6.45, 7) is 8.81. The van der Waals surface area contributed by atoms with Crippen molar-refractivity contribution in [2.24, 2.45) is 39.4 Å². The highest BCUT2D eigenvalue weighted by Gasteiger charge is 2.77. The van der Waals surface area contributed by atoms with E-state index in [-0.39, 0.29) is 37.6 Å². The predicted molar refractivity (Wildman–Crippen MR) is 128 cm³/mol. The van der Waals surface area contributed by atoms with Gasteiger partial charge in [-0.1, -0.05) is 27.7 Å². The van der Waals surface area contributed by atoms with E-state index in [1.807, 2.05) is 33.8 Å². The predicted octanol–water partition coefficient (Wildman–Crippen LogP) is 2.43. The van der Waals surface area contributed by atoms with E-state index in [9.17, 15) is 30.0 Å². The summed E-state index contributed by atoms with van der Waals surface area (Å²) in [5.74, 6) is -2.49. The number of fused-ring (bicyclic) bond motifs is 5. The summed E-state index contributed by atoms with van der Waals surface area (Å²) >= 11 is 0. The van der Waals surface area contributed by atoms with Crippen LogP contribution in [0.15, 0.2) is 23.0 Å². The molecule has 200 valence electrons. The van der Waals surface area contributed by atoms with Crippen LogP contribution in [-0.2, 0) is 14.3 Å². The maximum atomic E-state index is 14.4. The second-order valence-electron chi connectivity index (χ2n) is 13.1. The van der Waals surface area contributed by atoms with E-state index in [2.05, 4.69) is 0 Å². The standard InChI is InChI=1S/C28H40O8/c1-14(29)36-13-28-19(25(2,3)20(32)10-22(28)34)9-21(33)27(5)23-17(30)8-16(15-6-7-35-12-15)26(23,4)11-18(31)24(27)28/h6-7,12,16-17,19-24,30,32-34H,8-11,13H2,1-5H3/t16-,17-,19-,20+,21+,22-,23+,24-,26-,27-,28+/m0/s1. The first-order chi connectivity index (χ1) is 16.7. The molecule has 11 atom stereocenters. The van der Waals surface area contributed by atoms with Crippen molar-refractivity contribution in [3.05, 3.63) is 24.2 Å². The lowest BCUT2D eigenvalue weighted by Gasteiger charge is -2.70. The quantitative estimate of drug-likeness (QED) is 0.461. The third-order valence-electron chi connectivity index (χ3n) is 11.2. The summed E-state index contributed by atoms with van der Waals surface area (Å²) in [5, 5.41) is 46.0. The second-order valence-corrected chi connectivity index (χ2v) is 13.1. The summed E-state index contributed by atoms with van der Waals surface area (Å²) in [7, 11) is 0. The number of carbonyl (C=O) groups is 2. The molecule has 4 aliphatic rings.